The maximum absolute atomic E-state index is 13.1. The van der Waals surface area contributed by atoms with Crippen LogP contribution in [0.15, 0.2) is 30.6 Å². The summed E-state index contributed by atoms with van der Waals surface area (Å²) < 4.78 is 0. The fraction of sp³-hybridized carbons (Fsp3) is 0.476. The molecule has 0 bridgehead atoms. The summed E-state index contributed by atoms with van der Waals surface area (Å²) in [7, 11) is 0. The summed E-state index contributed by atoms with van der Waals surface area (Å²) in [6.45, 7) is 5.44. The Morgan fingerprint density at radius 2 is 1.83 bits per heavy atom. The molecule has 2 heterocycles. The highest BCUT2D eigenvalue weighted by atomic mass is 35.5. The van der Waals surface area contributed by atoms with Crippen molar-refractivity contribution >= 4 is 48.1 Å². The highest BCUT2D eigenvalue weighted by Crippen LogP contribution is 2.37. The third-order valence-electron chi connectivity index (χ3n) is 5.95. The third-order valence-corrected chi connectivity index (χ3v) is 6.20. The van der Waals surface area contributed by atoms with Gasteiger partial charge in [0.05, 0.1) is 5.92 Å². The van der Waals surface area contributed by atoms with Gasteiger partial charge in [-0.2, -0.15) is 0 Å². The molecular weight excluding hydrogens is 445 g/mol. The fourth-order valence-corrected chi connectivity index (χ4v) is 4.43. The van der Waals surface area contributed by atoms with Gasteiger partial charge in [-0.05, 0) is 36.5 Å². The predicted molar refractivity (Wildman–Crippen MR) is 125 cm³/mol. The first-order chi connectivity index (χ1) is 13.6. The number of piperazine rings is 1. The van der Waals surface area contributed by atoms with Crippen molar-refractivity contribution in [1.29, 1.82) is 0 Å². The van der Waals surface area contributed by atoms with Crippen LogP contribution in [-0.4, -0.2) is 53.5 Å². The molecule has 0 radical (unpaired) electrons. The molecule has 2 aromatic rings. The standard InChI is InChI=1S/C21H26ClN5O.2ClH/c1-14-2-7-18-19(14)20(25-13-24-18)26-8-10-27(11-9-26)21(28)17(12-23)15-3-5-16(22)6-4-15;;/h3-6,13-14,17H,2,7-12,23H2,1H3;2*1H. The maximum Gasteiger partial charge on any atom is 0.231 e. The highest BCUT2D eigenvalue weighted by molar-refractivity contribution is 6.30. The van der Waals surface area contributed by atoms with Crippen LogP contribution in [0.3, 0.4) is 0 Å². The molecule has 2 N–H and O–H groups in total. The van der Waals surface area contributed by atoms with Gasteiger partial charge in [0.2, 0.25) is 5.91 Å². The van der Waals surface area contributed by atoms with Crippen molar-refractivity contribution in [3.8, 4) is 0 Å². The van der Waals surface area contributed by atoms with E-state index in [-0.39, 0.29) is 43.2 Å². The lowest BCUT2D eigenvalue weighted by Crippen LogP contribution is -2.51. The molecule has 2 atom stereocenters. The van der Waals surface area contributed by atoms with Gasteiger partial charge >= 0.3 is 0 Å². The topological polar surface area (TPSA) is 75.4 Å². The molecule has 9 heteroatoms. The number of anilines is 1. The van der Waals surface area contributed by atoms with E-state index in [4.69, 9.17) is 17.3 Å². The molecule has 1 aromatic heterocycles. The van der Waals surface area contributed by atoms with E-state index in [0.717, 1.165) is 37.3 Å². The van der Waals surface area contributed by atoms with Gasteiger partial charge in [-0.3, -0.25) is 4.79 Å². The lowest BCUT2D eigenvalue weighted by molar-refractivity contribution is -0.132. The van der Waals surface area contributed by atoms with Gasteiger partial charge in [-0.1, -0.05) is 30.7 Å². The molecule has 2 unspecified atom stereocenters. The van der Waals surface area contributed by atoms with E-state index >= 15 is 0 Å². The second-order valence-corrected chi connectivity index (χ2v) is 8.09. The molecule has 4 rings (SSSR count). The number of nitrogens with zero attached hydrogens (tertiary/aromatic N) is 4. The van der Waals surface area contributed by atoms with Gasteiger partial charge in [0.15, 0.2) is 0 Å². The summed E-state index contributed by atoms with van der Waals surface area (Å²) in [5.74, 6) is 1.31. The molecule has 1 fully saturated rings. The molecule has 1 aliphatic carbocycles. The van der Waals surface area contributed by atoms with Crippen molar-refractivity contribution in [1.82, 2.24) is 14.9 Å². The molecule has 1 amide bonds. The number of carbonyl (C=O) groups is 1. The summed E-state index contributed by atoms with van der Waals surface area (Å²) in [5, 5.41) is 0.659. The zero-order chi connectivity index (χ0) is 19.7. The number of nitrogens with two attached hydrogens (primary N) is 1. The lowest BCUT2D eigenvalue weighted by atomic mass is 9.97. The maximum atomic E-state index is 13.1. The Labute approximate surface area is 195 Å². The van der Waals surface area contributed by atoms with Crippen LogP contribution in [0, 0.1) is 0 Å². The number of aromatic nitrogens is 2. The van der Waals surface area contributed by atoms with Crippen LogP contribution in [-0.2, 0) is 11.2 Å². The van der Waals surface area contributed by atoms with E-state index in [1.165, 1.54) is 11.3 Å². The zero-order valence-corrected chi connectivity index (χ0v) is 19.3. The van der Waals surface area contributed by atoms with Crippen LogP contribution in [0.5, 0.6) is 0 Å². The van der Waals surface area contributed by atoms with E-state index in [1.807, 2.05) is 29.2 Å². The molecule has 1 aliphatic heterocycles. The van der Waals surface area contributed by atoms with E-state index < -0.39 is 0 Å². The normalized spacial score (nSPS) is 18.8. The second-order valence-electron chi connectivity index (χ2n) is 7.65. The smallest absolute Gasteiger partial charge is 0.231 e. The average Bonchev–Trinajstić information content (AvgIpc) is 3.11. The van der Waals surface area contributed by atoms with Gasteiger partial charge in [0.25, 0.3) is 0 Å². The summed E-state index contributed by atoms with van der Waals surface area (Å²) >= 11 is 5.97. The molecule has 1 aromatic carbocycles. The Kier molecular flexibility index (Phi) is 8.73. The van der Waals surface area contributed by atoms with E-state index in [9.17, 15) is 4.79 Å². The average molecular weight is 473 g/mol. The van der Waals surface area contributed by atoms with Crippen molar-refractivity contribution in [2.24, 2.45) is 5.73 Å². The molecule has 6 nitrogen and oxygen atoms in total. The number of hydrogen-bond donors (Lipinski definition) is 1. The van der Waals surface area contributed by atoms with E-state index in [2.05, 4.69) is 21.8 Å². The van der Waals surface area contributed by atoms with Crippen LogP contribution in [0.2, 0.25) is 5.02 Å². The van der Waals surface area contributed by atoms with Crippen molar-refractivity contribution < 1.29 is 4.79 Å². The summed E-state index contributed by atoms with van der Waals surface area (Å²) in [6, 6.07) is 7.39. The Morgan fingerprint density at radius 1 is 1.17 bits per heavy atom. The largest absolute Gasteiger partial charge is 0.353 e. The van der Waals surface area contributed by atoms with Crippen LogP contribution in [0.4, 0.5) is 5.82 Å². The number of amides is 1. The Bertz CT molecular complexity index is 856. The van der Waals surface area contributed by atoms with Gasteiger partial charge in [-0.25, -0.2) is 9.97 Å². The van der Waals surface area contributed by atoms with Gasteiger partial charge in [-0.15, -0.1) is 24.8 Å². The van der Waals surface area contributed by atoms with Crippen molar-refractivity contribution in [2.75, 3.05) is 37.6 Å². The van der Waals surface area contributed by atoms with Crippen LogP contribution >= 0.6 is 36.4 Å². The van der Waals surface area contributed by atoms with Gasteiger partial charge in [0.1, 0.15) is 12.1 Å². The third kappa shape index (κ3) is 4.83. The zero-order valence-electron chi connectivity index (χ0n) is 17.0. The summed E-state index contributed by atoms with van der Waals surface area (Å²) in [6.07, 6.45) is 3.84. The lowest BCUT2D eigenvalue weighted by Gasteiger charge is -2.37. The van der Waals surface area contributed by atoms with Crippen molar-refractivity contribution in [3.63, 3.8) is 0 Å². The number of fused-ring (bicyclic) bond motifs is 1. The van der Waals surface area contributed by atoms with Crippen LogP contribution in [0.25, 0.3) is 0 Å². The Balaban J connectivity index is 0.00000160. The molecular formula is C21H28Cl3N5O. The second kappa shape index (κ2) is 10.6. The minimum atomic E-state index is -0.327. The fourth-order valence-electron chi connectivity index (χ4n) is 4.31. The predicted octanol–water partition coefficient (Wildman–Crippen LogP) is 3.41. The number of carbonyl (C=O) groups excluding carboxylic acids is 1. The van der Waals surface area contributed by atoms with Crippen molar-refractivity contribution in [3.05, 3.63) is 52.4 Å². The minimum absolute atomic E-state index is 0. The first-order valence-electron chi connectivity index (χ1n) is 9.91. The van der Waals surface area contributed by atoms with E-state index in [1.54, 1.807) is 6.33 Å². The Morgan fingerprint density at radius 3 is 2.47 bits per heavy atom. The van der Waals surface area contributed by atoms with Gasteiger partial charge in [0, 0.05) is 49.0 Å². The highest BCUT2D eigenvalue weighted by Gasteiger charge is 2.31. The summed E-state index contributed by atoms with van der Waals surface area (Å²) in [4.78, 5) is 26.3. The minimum Gasteiger partial charge on any atom is -0.353 e. The molecule has 2 aliphatic rings. The number of benzene rings is 1. The molecule has 30 heavy (non-hydrogen) atoms. The van der Waals surface area contributed by atoms with E-state index in [0.29, 0.717) is 24.0 Å². The Hall–Kier alpha value is -1.60. The summed E-state index contributed by atoms with van der Waals surface area (Å²) in [5.41, 5.74) is 9.33. The molecule has 1 saturated heterocycles. The first-order valence-corrected chi connectivity index (χ1v) is 10.3. The number of aryl methyl sites for hydroxylation is 1. The molecule has 164 valence electrons. The van der Waals surface area contributed by atoms with Crippen LogP contribution < -0.4 is 10.6 Å². The van der Waals surface area contributed by atoms with Crippen molar-refractivity contribution in [2.45, 2.75) is 31.6 Å². The van der Waals surface area contributed by atoms with Gasteiger partial charge < -0.3 is 15.5 Å². The monoisotopic (exact) mass is 471 g/mol. The first kappa shape index (κ1) is 24.7. The van der Waals surface area contributed by atoms with Crippen LogP contribution in [0.1, 0.15) is 42.0 Å². The number of halogens is 3. The SMILES string of the molecule is CC1CCc2ncnc(N3CCN(C(=O)C(CN)c4ccc(Cl)cc4)CC3)c21.Cl.Cl. The number of hydrogen-bond acceptors (Lipinski definition) is 5. The quantitative estimate of drug-likeness (QED) is 0.738. The molecule has 0 saturated carbocycles. The number of rotatable bonds is 4. The molecule has 0 spiro atoms.